The van der Waals surface area contributed by atoms with Gasteiger partial charge < -0.3 is 92.8 Å². The van der Waals surface area contributed by atoms with Crippen molar-refractivity contribution in [1.82, 2.24) is 15.1 Å². The fourth-order valence-corrected chi connectivity index (χ4v) is 11.0. The van der Waals surface area contributed by atoms with Gasteiger partial charge in [0, 0.05) is 268 Å². The number of Topliss-reactive ketones (excluding diaryl/α,β-unsaturated/α-hetero) is 2. The van der Waals surface area contributed by atoms with Crippen molar-refractivity contribution in [2.24, 2.45) is 0 Å². The number of carbonyl (C=O) groups excluding carboxylic acids is 4. The molecule has 0 bridgehead atoms. The molecule has 10 heterocycles. The number of hydrogen-bond acceptors (Lipinski definition) is 18. The molecule has 0 aromatic heterocycles. The van der Waals surface area contributed by atoms with Crippen molar-refractivity contribution < 1.29 is 288 Å². The number of hydrogen-bond donors (Lipinski definition) is 2. The number of methoxy groups -OCH3 is 5. The average Bonchev–Trinajstić information content (AvgIpc) is 4.27. The molecule has 22 nitrogen and oxygen atoms in total. The van der Waals surface area contributed by atoms with Gasteiger partial charge in [0.2, 0.25) is 11.6 Å². The van der Waals surface area contributed by atoms with E-state index in [9.17, 15) is 24.3 Å². The van der Waals surface area contributed by atoms with Gasteiger partial charge in [0.25, 0.3) is 0 Å². The minimum absolute atomic E-state index is 0. The summed E-state index contributed by atoms with van der Waals surface area (Å²) in [5, 5.41) is 21.4. The SMILES string of the molecule is COC1(O)COC2CCNC21.COC1(OC)COC2CCN(C(=O)OCc3ccccc3)C21.COC1(OC)COC2CC[N-]C21.O=C1COC2CCN(C(=O)OCc3ccccc3)C12.O=C1COC2CC[N-]C12.[CH3-].[CH3-].[U].[U].[V].[V].[W].[W].[Y].[Y]. The molecule has 10 fully saturated rings. The molecule has 11 unspecified atom stereocenters. The number of rotatable bonds is 9. The number of likely N-dealkylation sites (tertiary alicyclic amines) is 2. The van der Waals surface area contributed by atoms with E-state index >= 15 is 0 Å². The van der Waals surface area contributed by atoms with Gasteiger partial charge in [-0.3, -0.25) is 19.4 Å². The fourth-order valence-electron chi connectivity index (χ4n) is 11.0. The predicted molar refractivity (Wildman–Crippen MR) is 270 cm³/mol. The molecule has 2 aromatic carbocycles. The summed E-state index contributed by atoms with van der Waals surface area (Å²) in [6.07, 6.45) is 3.86. The number of ether oxygens (including phenoxy) is 12. The smallest absolute Gasteiger partial charge is 0.410 e. The monoisotopic (exact) mass is 2180 g/mol. The van der Waals surface area contributed by atoms with Gasteiger partial charge in [-0.05, 0) is 55.8 Å². The molecule has 0 saturated carbocycles. The fraction of sp³-hybridized carbons (Fsp3) is 0.660. The van der Waals surface area contributed by atoms with Gasteiger partial charge in [0.15, 0.2) is 11.6 Å². The summed E-state index contributed by atoms with van der Waals surface area (Å²) in [5.41, 5.74) is 1.89. The van der Waals surface area contributed by atoms with Crippen LogP contribution in [-0.2, 0) is 224 Å². The van der Waals surface area contributed by atoms with E-state index in [4.69, 9.17) is 56.8 Å². The second-order valence-electron chi connectivity index (χ2n) is 19.1. The largest absolute Gasteiger partial charge is 0.653 e. The van der Waals surface area contributed by atoms with E-state index in [0.29, 0.717) is 39.3 Å². The Hall–Kier alpha value is 2.62. The zero-order chi connectivity index (χ0) is 51.6. The van der Waals surface area contributed by atoms with Gasteiger partial charge in [-0.1, -0.05) is 66.7 Å². The van der Waals surface area contributed by atoms with Crippen molar-refractivity contribution in [3.63, 3.8) is 0 Å². The first-order valence-electron chi connectivity index (χ1n) is 25.0. The number of carbonyl (C=O) groups is 4. The van der Waals surface area contributed by atoms with E-state index in [-0.39, 0.29) is 321 Å². The molecule has 2 amide bonds. The first-order chi connectivity index (χ1) is 35.4. The van der Waals surface area contributed by atoms with Crippen molar-refractivity contribution in [2.75, 3.05) is 101 Å². The van der Waals surface area contributed by atoms with Crippen molar-refractivity contribution in [3.05, 3.63) is 97.3 Å². The summed E-state index contributed by atoms with van der Waals surface area (Å²) in [7, 11) is 7.93. The van der Waals surface area contributed by atoms with Crippen LogP contribution in [0.15, 0.2) is 60.7 Å². The molecule has 10 aliphatic rings. The molecule has 83 heavy (non-hydrogen) atoms. The third-order valence-corrected chi connectivity index (χ3v) is 15.1. The van der Waals surface area contributed by atoms with Crippen molar-refractivity contribution >= 4 is 23.8 Å². The molecule has 0 aliphatic carbocycles. The van der Waals surface area contributed by atoms with Gasteiger partial charge in [-0.2, -0.15) is 0 Å². The zero-order valence-electron chi connectivity index (χ0n) is 48.2. The molecule has 456 valence electrons. The number of nitrogens with one attached hydrogen (secondary N) is 1. The third-order valence-electron chi connectivity index (χ3n) is 15.1. The Morgan fingerprint density at radius 2 is 1.08 bits per heavy atom. The number of amides is 2. The molecular formula is C53H77N5O17U2V2W2Y2-4. The van der Waals surface area contributed by atoms with E-state index < -0.39 is 29.5 Å². The quantitative estimate of drug-likeness (QED) is 0.268. The second-order valence-corrected chi connectivity index (χ2v) is 19.1. The Bertz CT molecular complexity index is 2180. The maximum atomic E-state index is 12.4. The molecule has 12 rings (SSSR count). The molecule has 30 heteroatoms. The summed E-state index contributed by atoms with van der Waals surface area (Å²) in [5.74, 6) is -2.48. The van der Waals surface area contributed by atoms with Crippen LogP contribution in [0, 0.1) is 77.1 Å². The molecule has 10 aliphatic heterocycles. The predicted octanol–water partition coefficient (Wildman–Crippen LogP) is 3.74. The maximum Gasteiger partial charge on any atom is 0.410 e. The molecule has 2 N–H and O–H groups in total. The van der Waals surface area contributed by atoms with Crippen LogP contribution in [0.5, 0.6) is 0 Å². The van der Waals surface area contributed by atoms with Crippen LogP contribution in [0.3, 0.4) is 0 Å². The van der Waals surface area contributed by atoms with Gasteiger partial charge in [0.1, 0.15) is 57.5 Å². The third kappa shape index (κ3) is 22.1. The Balaban J connectivity index is -0.000000965. The minimum atomic E-state index is -1.10. The summed E-state index contributed by atoms with van der Waals surface area (Å²) in [4.78, 5) is 50.1. The van der Waals surface area contributed by atoms with Crippen LogP contribution in [0.1, 0.15) is 43.2 Å². The van der Waals surface area contributed by atoms with Crippen LogP contribution >= 0.6 is 0 Å². The average molecular weight is 2180 g/mol. The summed E-state index contributed by atoms with van der Waals surface area (Å²) in [6.45, 7) is 5.65. The summed E-state index contributed by atoms with van der Waals surface area (Å²) < 4.78 is 64.4. The molecular weight excluding hydrogens is 2100 g/mol. The van der Waals surface area contributed by atoms with Gasteiger partial charge in [0.05, 0.1) is 31.0 Å². The summed E-state index contributed by atoms with van der Waals surface area (Å²) in [6, 6.07) is 18.3. The Morgan fingerprint density at radius 1 is 0.602 bits per heavy atom. The Kier molecular flexibility index (Phi) is 47.1. The van der Waals surface area contributed by atoms with E-state index in [0.717, 1.165) is 56.4 Å². The van der Waals surface area contributed by atoms with Crippen molar-refractivity contribution in [3.8, 4) is 0 Å². The number of nitrogens with zero attached hydrogens (tertiary/aromatic N) is 4. The number of aliphatic hydroxyl groups is 1. The first kappa shape index (κ1) is 89.8. The topological polar surface area (TPSA) is 246 Å². The van der Waals surface area contributed by atoms with Crippen molar-refractivity contribution in [1.29, 1.82) is 0 Å². The van der Waals surface area contributed by atoms with Crippen molar-refractivity contribution in [2.45, 2.75) is 123 Å². The first-order valence-corrected chi connectivity index (χ1v) is 25.0. The van der Waals surface area contributed by atoms with Crippen LogP contribution in [0.2, 0.25) is 0 Å². The maximum absolute atomic E-state index is 12.4. The second kappa shape index (κ2) is 43.5. The number of ketones is 2. The van der Waals surface area contributed by atoms with Gasteiger partial charge in [-0.25, -0.2) is 9.59 Å². The summed E-state index contributed by atoms with van der Waals surface area (Å²) >= 11 is 0. The normalized spacial score (nSPS) is 29.4. The zero-order valence-corrected chi connectivity index (χ0v) is 70.9. The molecule has 2 aromatic rings. The Labute approximate surface area is 640 Å². The van der Waals surface area contributed by atoms with Crippen LogP contribution in [0.4, 0.5) is 9.59 Å². The van der Waals surface area contributed by atoms with Crippen LogP contribution < -0.4 is 5.32 Å². The van der Waals surface area contributed by atoms with E-state index in [1.165, 1.54) is 12.0 Å². The molecule has 4 radical (unpaired) electrons. The Morgan fingerprint density at radius 3 is 1.65 bits per heavy atom. The van der Waals surface area contributed by atoms with E-state index in [1.807, 2.05) is 60.7 Å². The van der Waals surface area contributed by atoms with Gasteiger partial charge in [-0.15, -0.1) is 13.1 Å². The molecule has 11 atom stereocenters. The van der Waals surface area contributed by atoms with Crippen LogP contribution in [0.25, 0.3) is 10.6 Å². The molecule has 10 saturated heterocycles. The minimum Gasteiger partial charge on any atom is -0.653 e. The number of benzene rings is 2. The number of fused-ring (bicyclic) bond motifs is 5. The standard InChI is InChI=1S/C16H21NO5.C14H15NO4.C8H14NO3.C7H13NO3.C6H8NO2.2CH3.2U.2V.2W.2Y/c1-19-16(20-2)11-22-13-8-9-17(14(13)16)15(18)21-10-12-6-4-3-5-7-12;16-11-9-18-12-6-7-15(13(11)12)14(17)19-8-10-4-2-1-3-5-10;1-10-8(11-2)5-12-6-3-4-9-7(6)8;1-10-7(9)4-11-5-2-3-8-6(5)7;8-4-3-9-5-1-2-7-6(4)5;;;;;;;;;;/h3-7,13-14H,8-11H2,1-2H3;1-5,12-13H,6-9H2;6-7H,3-5H2,1-2H3;5-6,8-9H,2-4H2,1H3;5-6H,1-3H2;2*1H3;;;;;;;;/q;;-1;;3*-1;;;;;;;;. The van der Waals surface area contributed by atoms with E-state index in [1.54, 1.807) is 33.3 Å². The van der Waals surface area contributed by atoms with Crippen LogP contribution in [-0.4, -0.2) is 218 Å². The van der Waals surface area contributed by atoms with Gasteiger partial charge >= 0.3 is 12.2 Å². The molecule has 0 spiro atoms. The van der Waals surface area contributed by atoms with E-state index in [2.05, 4.69) is 16.0 Å².